The molecule has 1 fully saturated rings. The van der Waals surface area contributed by atoms with Gasteiger partial charge in [0.2, 0.25) is 10.0 Å². The molecule has 0 bridgehead atoms. The van der Waals surface area contributed by atoms with Crippen LogP contribution in [-0.4, -0.2) is 49.2 Å². The quantitative estimate of drug-likeness (QED) is 0.652. The summed E-state index contributed by atoms with van der Waals surface area (Å²) in [5.41, 5.74) is -0.145. The summed E-state index contributed by atoms with van der Waals surface area (Å²) in [6.45, 7) is 5.89. The van der Waals surface area contributed by atoms with Crippen molar-refractivity contribution in [2.75, 3.05) is 19.7 Å². The second-order valence-corrected chi connectivity index (χ2v) is 7.86. The summed E-state index contributed by atoms with van der Waals surface area (Å²) < 4.78 is 31.8. The van der Waals surface area contributed by atoms with Crippen LogP contribution in [0.25, 0.3) is 0 Å². The van der Waals surface area contributed by atoms with Gasteiger partial charge in [0.05, 0.1) is 24.2 Å². The molecule has 1 aromatic rings. The molecule has 0 saturated carbocycles. The number of ether oxygens (including phenoxy) is 1. The first-order chi connectivity index (χ1) is 10.2. The highest BCUT2D eigenvalue weighted by atomic mass is 32.2. The van der Waals surface area contributed by atoms with Gasteiger partial charge in [-0.15, -0.1) is 0 Å². The molecule has 22 heavy (non-hydrogen) atoms. The molecule has 6 heteroatoms. The average molecular weight is 323 g/mol. The Balaban J connectivity index is 2.22. The molecule has 1 heterocycles. The van der Waals surface area contributed by atoms with Gasteiger partial charge in [-0.2, -0.15) is 4.31 Å². The van der Waals surface area contributed by atoms with Crippen molar-refractivity contribution in [2.24, 2.45) is 0 Å². The minimum Gasteiger partial charge on any atom is -0.378 e. The van der Waals surface area contributed by atoms with E-state index in [4.69, 9.17) is 4.74 Å². The standard InChI is InChI=1S/C16H21NO4S/c1-13-5-7-15(8-6-13)22(19,20)17(11-14-12-21-14)10-4-9-16(2,3)18/h5-8,14,18H,10-12H2,1-3H3. The number of epoxide rings is 1. The maximum Gasteiger partial charge on any atom is 0.244 e. The van der Waals surface area contributed by atoms with E-state index in [1.54, 1.807) is 38.1 Å². The largest absolute Gasteiger partial charge is 0.378 e. The lowest BCUT2D eigenvalue weighted by molar-refractivity contribution is 0.143. The van der Waals surface area contributed by atoms with Crippen molar-refractivity contribution >= 4 is 10.0 Å². The normalized spacial score (nSPS) is 18.0. The van der Waals surface area contributed by atoms with E-state index in [1.165, 1.54) is 4.31 Å². The summed E-state index contributed by atoms with van der Waals surface area (Å²) >= 11 is 0. The molecule has 1 aromatic carbocycles. The van der Waals surface area contributed by atoms with Crippen molar-refractivity contribution in [3.8, 4) is 11.8 Å². The molecule has 1 aliphatic rings. The van der Waals surface area contributed by atoms with Crippen LogP contribution in [0.2, 0.25) is 0 Å². The molecule has 1 N–H and O–H groups in total. The maximum atomic E-state index is 12.7. The lowest BCUT2D eigenvalue weighted by atomic mass is 10.1. The van der Waals surface area contributed by atoms with Crippen molar-refractivity contribution in [3.63, 3.8) is 0 Å². The van der Waals surface area contributed by atoms with Crippen LogP contribution in [0.1, 0.15) is 19.4 Å². The van der Waals surface area contributed by atoms with Crippen LogP contribution >= 0.6 is 0 Å². The fourth-order valence-electron chi connectivity index (χ4n) is 1.85. The Bertz CT molecular complexity index is 674. The van der Waals surface area contributed by atoms with Crippen molar-refractivity contribution in [1.82, 2.24) is 4.31 Å². The van der Waals surface area contributed by atoms with Crippen LogP contribution in [-0.2, 0) is 14.8 Å². The van der Waals surface area contributed by atoms with E-state index in [0.717, 1.165) is 5.56 Å². The Hall–Kier alpha value is -1.39. The second kappa shape index (κ2) is 6.39. The Morgan fingerprint density at radius 2 is 1.95 bits per heavy atom. The minimum atomic E-state index is -3.62. The summed E-state index contributed by atoms with van der Waals surface area (Å²) in [4.78, 5) is 0.240. The van der Waals surface area contributed by atoms with Gasteiger partial charge in [0.25, 0.3) is 0 Å². The smallest absolute Gasteiger partial charge is 0.244 e. The molecule has 2 rings (SSSR count). The first-order valence-corrected chi connectivity index (χ1v) is 8.53. The number of sulfonamides is 1. The van der Waals surface area contributed by atoms with Crippen molar-refractivity contribution < 1.29 is 18.3 Å². The number of nitrogens with zero attached hydrogens (tertiary/aromatic N) is 1. The molecule has 0 amide bonds. The summed E-state index contributed by atoms with van der Waals surface area (Å²) in [7, 11) is -3.62. The zero-order valence-corrected chi connectivity index (χ0v) is 13.9. The number of benzene rings is 1. The van der Waals surface area contributed by atoms with Crippen molar-refractivity contribution in [1.29, 1.82) is 0 Å². The Labute approximate surface area is 132 Å². The molecule has 0 aromatic heterocycles. The lowest BCUT2D eigenvalue weighted by Crippen LogP contribution is -2.35. The van der Waals surface area contributed by atoms with Crippen molar-refractivity contribution in [2.45, 2.75) is 37.4 Å². The molecular formula is C16H21NO4S. The van der Waals surface area contributed by atoms with Crippen LogP contribution < -0.4 is 0 Å². The Morgan fingerprint density at radius 3 is 2.45 bits per heavy atom. The zero-order chi connectivity index (χ0) is 16.4. The zero-order valence-electron chi connectivity index (χ0n) is 13.0. The van der Waals surface area contributed by atoms with E-state index < -0.39 is 15.6 Å². The minimum absolute atomic E-state index is 0.0278. The third-order valence-corrected chi connectivity index (χ3v) is 4.94. The molecule has 120 valence electrons. The maximum absolute atomic E-state index is 12.7. The van der Waals surface area contributed by atoms with E-state index in [9.17, 15) is 13.5 Å². The first-order valence-electron chi connectivity index (χ1n) is 7.09. The highest BCUT2D eigenvalue weighted by Gasteiger charge is 2.32. The molecule has 0 radical (unpaired) electrons. The van der Waals surface area contributed by atoms with Gasteiger partial charge >= 0.3 is 0 Å². The van der Waals surface area contributed by atoms with E-state index in [0.29, 0.717) is 6.61 Å². The van der Waals surface area contributed by atoms with E-state index in [-0.39, 0.29) is 24.1 Å². The van der Waals surface area contributed by atoms with Gasteiger partial charge in [-0.25, -0.2) is 8.42 Å². The van der Waals surface area contributed by atoms with Gasteiger partial charge in [0.15, 0.2) is 0 Å². The van der Waals surface area contributed by atoms with Gasteiger partial charge in [-0.05, 0) is 32.9 Å². The number of hydrogen-bond acceptors (Lipinski definition) is 4. The number of aliphatic hydroxyl groups is 1. The number of hydrogen-bond donors (Lipinski definition) is 1. The monoisotopic (exact) mass is 323 g/mol. The van der Waals surface area contributed by atoms with Crippen LogP contribution in [0.5, 0.6) is 0 Å². The van der Waals surface area contributed by atoms with Crippen molar-refractivity contribution in [3.05, 3.63) is 29.8 Å². The number of aryl methyl sites for hydroxylation is 1. The van der Waals surface area contributed by atoms with Crippen LogP contribution in [0, 0.1) is 18.8 Å². The van der Waals surface area contributed by atoms with Crippen LogP contribution in [0.15, 0.2) is 29.2 Å². The second-order valence-electron chi connectivity index (χ2n) is 5.93. The third kappa shape index (κ3) is 4.82. The number of rotatable bonds is 5. The molecule has 0 spiro atoms. The highest BCUT2D eigenvalue weighted by Crippen LogP contribution is 2.20. The molecule has 1 unspecified atom stereocenters. The summed E-state index contributed by atoms with van der Waals surface area (Å²) in [5.74, 6) is 5.37. The molecule has 5 nitrogen and oxygen atoms in total. The predicted molar refractivity (Wildman–Crippen MR) is 83.8 cm³/mol. The van der Waals surface area contributed by atoms with E-state index in [1.807, 2.05) is 6.92 Å². The average Bonchev–Trinajstić information content (AvgIpc) is 3.20. The Morgan fingerprint density at radius 1 is 1.36 bits per heavy atom. The molecule has 0 aliphatic carbocycles. The highest BCUT2D eigenvalue weighted by molar-refractivity contribution is 7.89. The van der Waals surface area contributed by atoms with Crippen LogP contribution in [0.4, 0.5) is 0 Å². The van der Waals surface area contributed by atoms with Gasteiger partial charge < -0.3 is 9.84 Å². The lowest BCUT2D eigenvalue weighted by Gasteiger charge is -2.19. The third-order valence-electron chi connectivity index (χ3n) is 3.12. The summed E-state index contributed by atoms with van der Waals surface area (Å²) in [5, 5.41) is 9.61. The Kier molecular flexibility index (Phi) is 4.93. The summed E-state index contributed by atoms with van der Waals surface area (Å²) in [6, 6.07) is 6.71. The van der Waals surface area contributed by atoms with Crippen LogP contribution in [0.3, 0.4) is 0 Å². The molecule has 1 atom stereocenters. The molecule has 1 saturated heterocycles. The topological polar surface area (TPSA) is 70.1 Å². The SMILES string of the molecule is Cc1ccc(S(=O)(=O)N(CC#CC(C)(C)O)CC2CO2)cc1. The first kappa shape index (κ1) is 17.0. The van der Waals surface area contributed by atoms with Gasteiger partial charge in [-0.3, -0.25) is 0 Å². The molecule has 1 aliphatic heterocycles. The van der Waals surface area contributed by atoms with E-state index in [2.05, 4.69) is 11.8 Å². The van der Waals surface area contributed by atoms with Gasteiger partial charge in [0.1, 0.15) is 5.60 Å². The summed E-state index contributed by atoms with van der Waals surface area (Å²) in [6.07, 6.45) is -0.0656. The predicted octanol–water partition coefficient (Wildman–Crippen LogP) is 1.16. The fourth-order valence-corrected chi connectivity index (χ4v) is 3.23. The molecular weight excluding hydrogens is 302 g/mol. The fraction of sp³-hybridized carbons (Fsp3) is 0.500. The van der Waals surface area contributed by atoms with E-state index >= 15 is 0 Å². The van der Waals surface area contributed by atoms with Gasteiger partial charge in [-0.1, -0.05) is 29.5 Å². The van der Waals surface area contributed by atoms with Gasteiger partial charge in [0, 0.05) is 6.54 Å².